The molecule has 1 atom stereocenters. The third kappa shape index (κ3) is 28.5. The predicted octanol–water partition coefficient (Wildman–Crippen LogP) is 3.38. The maximum absolute atomic E-state index is 13.2. The first-order valence-corrected chi connectivity index (χ1v) is 25.1. The second kappa shape index (κ2) is 42.0. The van der Waals surface area contributed by atoms with Crippen molar-refractivity contribution in [2.45, 2.75) is 77.2 Å². The lowest BCUT2D eigenvalue weighted by molar-refractivity contribution is -0.136. The third-order valence-corrected chi connectivity index (χ3v) is 10.5. The van der Waals surface area contributed by atoms with Gasteiger partial charge >= 0.3 is 0 Å². The molecule has 400 valence electrons. The summed E-state index contributed by atoms with van der Waals surface area (Å²) in [5, 5.41) is 4.91. The van der Waals surface area contributed by atoms with Crippen molar-refractivity contribution in [3.8, 4) is 0 Å². The van der Waals surface area contributed by atoms with Gasteiger partial charge in [-0.3, -0.25) is 34.2 Å². The number of piperidine rings is 1. The number of carbonyl (C=O) groups is 5. The number of carbonyl (C=O) groups excluding carboxylic acids is 5. The number of imide groups is 2. The van der Waals surface area contributed by atoms with Gasteiger partial charge in [0.15, 0.2) is 0 Å². The van der Waals surface area contributed by atoms with Gasteiger partial charge in [-0.2, -0.15) is 0 Å². The zero-order chi connectivity index (χ0) is 50.0. The zero-order valence-electron chi connectivity index (χ0n) is 41.6. The first kappa shape index (κ1) is 60.8. The minimum Gasteiger partial charge on any atom is -0.379 e. The molecule has 1 aromatic rings. The molecule has 2 aliphatic heterocycles. The van der Waals surface area contributed by atoms with Crippen molar-refractivity contribution in [1.29, 1.82) is 0 Å². The molecule has 5 amide bonds. The summed E-state index contributed by atoms with van der Waals surface area (Å²) in [7, 11) is 0. The van der Waals surface area contributed by atoms with Crippen LogP contribution in [0.25, 0.3) is 0 Å². The average molecular weight is 1000 g/mol. The van der Waals surface area contributed by atoms with Crippen LogP contribution >= 0.6 is 0 Å². The summed E-state index contributed by atoms with van der Waals surface area (Å²) in [4.78, 5) is 63.7. The molecule has 1 aromatic carbocycles. The molecule has 21 nitrogen and oxygen atoms in total. The first-order chi connectivity index (χ1) is 34.4. The van der Waals surface area contributed by atoms with Crippen LogP contribution in [0.15, 0.2) is 18.2 Å². The third-order valence-electron chi connectivity index (χ3n) is 10.5. The monoisotopic (exact) mass is 1000 g/mol. The van der Waals surface area contributed by atoms with Crippen LogP contribution in [0.2, 0.25) is 0 Å². The Labute approximate surface area is 413 Å². The Hall–Kier alpha value is -3.55. The molecule has 0 bridgehead atoms. The highest BCUT2D eigenvalue weighted by atomic mass is 16.6. The Morgan fingerprint density at radius 1 is 0.500 bits per heavy atom. The Kier molecular flexibility index (Phi) is 36.5. The lowest BCUT2D eigenvalue weighted by atomic mass is 10.0. The van der Waals surface area contributed by atoms with Gasteiger partial charge in [-0.15, -0.1) is 0 Å². The molecule has 1 fully saturated rings. The summed E-state index contributed by atoms with van der Waals surface area (Å²) >= 11 is 0. The Morgan fingerprint density at radius 3 is 1.24 bits per heavy atom. The van der Waals surface area contributed by atoms with Crippen molar-refractivity contribution in [3.05, 3.63) is 29.3 Å². The van der Waals surface area contributed by atoms with Crippen molar-refractivity contribution in [2.75, 3.05) is 177 Å². The van der Waals surface area contributed by atoms with Crippen LogP contribution in [0.4, 0.5) is 5.69 Å². The predicted molar refractivity (Wildman–Crippen MR) is 255 cm³/mol. The highest BCUT2D eigenvalue weighted by molar-refractivity contribution is 6.26. The van der Waals surface area contributed by atoms with E-state index >= 15 is 0 Å². The standard InChI is InChI=1S/C49H81N3O18/c1-2-3-4-7-15-58-17-19-60-21-23-62-25-27-64-29-31-66-33-35-68-37-39-70-40-38-69-36-34-67-32-30-65-28-26-63-24-22-61-20-18-59-16-8-5-6-12-44(53)50-42-11-9-10-41-46(42)49(57)52(48(41)56)43-13-14-45(54)51-47(43)55/h9-11,43H,2-8,12-40H2,1H3,(H,50,53)(H,51,54,55). The van der Waals surface area contributed by atoms with Crippen molar-refractivity contribution in [3.63, 3.8) is 0 Å². The van der Waals surface area contributed by atoms with Crippen LogP contribution in [0.1, 0.15) is 91.8 Å². The van der Waals surface area contributed by atoms with Gasteiger partial charge in [-0.25, -0.2) is 0 Å². The van der Waals surface area contributed by atoms with Crippen LogP contribution in [-0.4, -0.2) is 212 Å². The molecule has 3 rings (SSSR count). The molecule has 0 radical (unpaired) electrons. The van der Waals surface area contributed by atoms with Crippen LogP contribution in [0.5, 0.6) is 0 Å². The molecule has 0 aromatic heterocycles. The number of anilines is 1. The fraction of sp³-hybridized carbons (Fsp3) is 0.776. The fourth-order valence-electron chi connectivity index (χ4n) is 6.87. The lowest BCUT2D eigenvalue weighted by Gasteiger charge is -2.27. The molecule has 2 heterocycles. The van der Waals surface area contributed by atoms with Gasteiger partial charge in [-0.1, -0.05) is 38.7 Å². The molecule has 0 saturated carbocycles. The minimum atomic E-state index is -1.08. The van der Waals surface area contributed by atoms with E-state index < -0.39 is 29.7 Å². The smallest absolute Gasteiger partial charge is 0.264 e. The number of rotatable bonds is 49. The van der Waals surface area contributed by atoms with E-state index in [2.05, 4.69) is 17.6 Å². The molecule has 0 aliphatic carbocycles. The second-order valence-electron chi connectivity index (χ2n) is 16.1. The van der Waals surface area contributed by atoms with Gasteiger partial charge in [0.05, 0.1) is 175 Å². The average Bonchev–Trinajstić information content (AvgIpc) is 3.61. The number of unbranched alkanes of at least 4 members (excludes halogenated alkanes) is 5. The lowest BCUT2D eigenvalue weighted by Crippen LogP contribution is -2.54. The molecule has 70 heavy (non-hydrogen) atoms. The number of hydrogen-bond donors (Lipinski definition) is 2. The van der Waals surface area contributed by atoms with Crippen molar-refractivity contribution in [2.24, 2.45) is 0 Å². The molecule has 1 unspecified atom stereocenters. The molecule has 0 spiro atoms. The number of ether oxygens (including phenoxy) is 13. The summed E-state index contributed by atoms with van der Waals surface area (Å²) in [5.41, 5.74) is 0.378. The maximum Gasteiger partial charge on any atom is 0.264 e. The summed E-state index contributed by atoms with van der Waals surface area (Å²) in [5.74, 6) is -2.72. The van der Waals surface area contributed by atoms with E-state index in [0.29, 0.717) is 172 Å². The van der Waals surface area contributed by atoms with Crippen LogP contribution in [0, 0.1) is 0 Å². The summed E-state index contributed by atoms with van der Waals surface area (Å²) in [6.07, 6.45) is 7.28. The number of amides is 5. The maximum atomic E-state index is 13.2. The number of fused-ring (bicyclic) bond motifs is 1. The van der Waals surface area contributed by atoms with Gasteiger partial charge in [0.25, 0.3) is 11.8 Å². The Morgan fingerprint density at radius 2 is 0.871 bits per heavy atom. The number of nitrogens with one attached hydrogen (secondary N) is 2. The number of hydrogen-bond acceptors (Lipinski definition) is 18. The minimum absolute atomic E-state index is 0.0263. The van der Waals surface area contributed by atoms with E-state index in [1.165, 1.54) is 25.3 Å². The molecular weight excluding hydrogens is 919 g/mol. The van der Waals surface area contributed by atoms with Gasteiger partial charge in [0, 0.05) is 26.1 Å². The molecular formula is C49H81N3O18. The Bertz CT molecular complexity index is 1560. The Balaban J connectivity index is 0.946. The topological polar surface area (TPSA) is 233 Å². The second-order valence-corrected chi connectivity index (χ2v) is 16.1. The zero-order valence-corrected chi connectivity index (χ0v) is 41.6. The van der Waals surface area contributed by atoms with E-state index in [9.17, 15) is 24.0 Å². The largest absolute Gasteiger partial charge is 0.379 e. The van der Waals surface area contributed by atoms with E-state index in [1.807, 2.05) is 0 Å². The van der Waals surface area contributed by atoms with E-state index in [1.54, 1.807) is 12.1 Å². The summed E-state index contributed by atoms with van der Waals surface area (Å²) < 4.78 is 71.8. The molecule has 2 N–H and O–H groups in total. The first-order valence-electron chi connectivity index (χ1n) is 25.1. The molecule has 1 saturated heterocycles. The SMILES string of the molecule is CCCCCCOCCOCCOCCOCCOCCOCCOCCOCCOCCOCCOCCOCCOCCCCCC(=O)Nc1cccc2c1C(=O)N(C1CCC(=O)NC1=O)C2=O. The quantitative estimate of drug-likeness (QED) is 0.0704. The van der Waals surface area contributed by atoms with Crippen LogP contribution in [-0.2, 0) is 76.0 Å². The van der Waals surface area contributed by atoms with Crippen molar-refractivity contribution in [1.82, 2.24) is 10.2 Å². The van der Waals surface area contributed by atoms with Gasteiger partial charge in [-0.05, 0) is 37.8 Å². The fourth-order valence-corrected chi connectivity index (χ4v) is 6.87. The summed E-state index contributed by atoms with van der Waals surface area (Å²) in [6, 6.07) is 3.53. The van der Waals surface area contributed by atoms with E-state index in [0.717, 1.165) is 30.8 Å². The van der Waals surface area contributed by atoms with E-state index in [-0.39, 0.29) is 42.0 Å². The van der Waals surface area contributed by atoms with Gasteiger partial charge < -0.3 is 66.9 Å². The number of nitrogens with zero attached hydrogens (tertiary/aromatic N) is 1. The highest BCUT2D eigenvalue weighted by Crippen LogP contribution is 2.32. The van der Waals surface area contributed by atoms with Crippen molar-refractivity contribution < 1.29 is 85.6 Å². The normalized spacial score (nSPS) is 14.8. The van der Waals surface area contributed by atoms with Crippen molar-refractivity contribution >= 4 is 35.2 Å². The van der Waals surface area contributed by atoms with Gasteiger partial charge in [0.1, 0.15) is 6.04 Å². The molecule has 2 aliphatic rings. The molecule has 21 heteroatoms. The van der Waals surface area contributed by atoms with Crippen LogP contribution in [0.3, 0.4) is 0 Å². The van der Waals surface area contributed by atoms with E-state index in [4.69, 9.17) is 61.6 Å². The highest BCUT2D eigenvalue weighted by Gasteiger charge is 2.45. The number of benzene rings is 1. The van der Waals surface area contributed by atoms with Gasteiger partial charge in [0.2, 0.25) is 17.7 Å². The van der Waals surface area contributed by atoms with Crippen LogP contribution < -0.4 is 10.6 Å². The summed E-state index contributed by atoms with van der Waals surface area (Å²) in [6.45, 7) is 15.4.